The minimum absolute atomic E-state index is 0. The topological polar surface area (TPSA) is 70.3 Å². The van der Waals surface area contributed by atoms with Crippen LogP contribution in [0.5, 0.6) is 0 Å². The lowest BCUT2D eigenvalue weighted by atomic mass is 10.3. The van der Waals surface area contributed by atoms with Crippen LogP contribution in [0, 0.1) is 0 Å². The van der Waals surface area contributed by atoms with Gasteiger partial charge in [-0.25, -0.2) is 0 Å². The molecule has 1 fully saturated rings. The largest absolute Gasteiger partial charge is 0.459 e. The highest BCUT2D eigenvalue weighted by atomic mass is 127. The van der Waals surface area contributed by atoms with E-state index in [4.69, 9.17) is 9.15 Å². The third kappa shape index (κ3) is 6.85. The zero-order valence-electron chi connectivity index (χ0n) is 15.1. The minimum Gasteiger partial charge on any atom is -0.459 e. The first-order valence-corrected chi connectivity index (χ1v) is 8.70. The zero-order valence-corrected chi connectivity index (χ0v) is 17.4. The van der Waals surface area contributed by atoms with Gasteiger partial charge in [0, 0.05) is 52.5 Å². The van der Waals surface area contributed by atoms with Gasteiger partial charge in [-0.1, -0.05) is 0 Å². The normalized spacial score (nSPS) is 15.0. The van der Waals surface area contributed by atoms with Crippen molar-refractivity contribution in [1.82, 2.24) is 15.1 Å². The Morgan fingerprint density at radius 2 is 2.00 bits per heavy atom. The molecule has 1 saturated heterocycles. The molecule has 1 aliphatic heterocycles. The summed E-state index contributed by atoms with van der Waals surface area (Å²) in [5.74, 6) is 1.28. The summed E-state index contributed by atoms with van der Waals surface area (Å²) in [7, 11) is 0. The Morgan fingerprint density at radius 1 is 1.28 bits per heavy atom. The minimum atomic E-state index is -0.0432. The molecule has 1 amide bonds. The molecule has 7 nitrogen and oxygen atoms in total. The van der Waals surface area contributed by atoms with Crippen LogP contribution in [0.3, 0.4) is 0 Å². The molecule has 1 aromatic heterocycles. The van der Waals surface area contributed by atoms with Crippen LogP contribution in [0.2, 0.25) is 0 Å². The summed E-state index contributed by atoms with van der Waals surface area (Å²) in [5.41, 5.74) is 0. The quantitative estimate of drug-likeness (QED) is 0.290. The second kappa shape index (κ2) is 12.1. The number of piperazine rings is 1. The summed E-state index contributed by atoms with van der Waals surface area (Å²) in [6.07, 6.45) is 2.45. The van der Waals surface area contributed by atoms with E-state index in [0.29, 0.717) is 18.8 Å². The van der Waals surface area contributed by atoms with Crippen LogP contribution < -0.4 is 5.32 Å². The molecule has 1 aromatic rings. The highest BCUT2D eigenvalue weighted by Crippen LogP contribution is 2.09. The Kier molecular flexibility index (Phi) is 10.6. The van der Waals surface area contributed by atoms with E-state index in [0.717, 1.165) is 51.8 Å². The van der Waals surface area contributed by atoms with Gasteiger partial charge < -0.3 is 24.3 Å². The van der Waals surface area contributed by atoms with Crippen molar-refractivity contribution in [3.8, 4) is 0 Å². The van der Waals surface area contributed by atoms with Crippen LogP contribution in [0.4, 0.5) is 0 Å². The van der Waals surface area contributed by atoms with Gasteiger partial charge in [-0.2, -0.15) is 0 Å². The van der Waals surface area contributed by atoms with Gasteiger partial charge in [-0.05, 0) is 32.4 Å². The van der Waals surface area contributed by atoms with E-state index in [9.17, 15) is 4.79 Å². The van der Waals surface area contributed by atoms with Crippen LogP contribution in [0.25, 0.3) is 0 Å². The van der Waals surface area contributed by atoms with Crippen molar-refractivity contribution in [3.63, 3.8) is 0 Å². The number of rotatable bonds is 7. The van der Waals surface area contributed by atoms with Crippen molar-refractivity contribution >= 4 is 35.8 Å². The Bertz CT molecular complexity index is 514. The molecule has 25 heavy (non-hydrogen) atoms. The second-order valence-electron chi connectivity index (χ2n) is 5.54. The number of ether oxygens (including phenoxy) is 1. The number of guanidine groups is 1. The van der Waals surface area contributed by atoms with Gasteiger partial charge in [0.1, 0.15) is 0 Å². The summed E-state index contributed by atoms with van der Waals surface area (Å²) in [5, 5.41) is 3.33. The molecule has 0 unspecified atom stereocenters. The molecular formula is C17H29IN4O3. The highest BCUT2D eigenvalue weighted by Gasteiger charge is 2.24. The molecule has 2 heterocycles. The van der Waals surface area contributed by atoms with Crippen molar-refractivity contribution in [3.05, 3.63) is 24.2 Å². The van der Waals surface area contributed by atoms with E-state index >= 15 is 0 Å². The SMILES string of the molecule is CCNC(=NCCCOCC)N1CCN(C(=O)c2ccco2)CC1.I. The maximum absolute atomic E-state index is 12.3. The standard InChI is InChI=1S/C17H28N4O3.HI/c1-3-18-17(19-8-6-13-23-4-2)21-11-9-20(10-12-21)16(22)15-7-5-14-24-15;/h5,7,14H,3-4,6,8-13H2,1-2H3,(H,18,19);1H. The third-order valence-electron chi connectivity index (χ3n) is 3.85. The van der Waals surface area contributed by atoms with Crippen molar-refractivity contribution in [1.29, 1.82) is 0 Å². The van der Waals surface area contributed by atoms with Crippen LogP contribution in [0.15, 0.2) is 27.8 Å². The number of amides is 1. The first-order chi connectivity index (χ1) is 11.8. The molecule has 0 aliphatic carbocycles. The lowest BCUT2D eigenvalue weighted by Gasteiger charge is -2.36. The highest BCUT2D eigenvalue weighted by molar-refractivity contribution is 14.0. The van der Waals surface area contributed by atoms with Gasteiger partial charge in [-0.3, -0.25) is 9.79 Å². The maximum Gasteiger partial charge on any atom is 0.289 e. The number of carbonyl (C=O) groups excluding carboxylic acids is 1. The van der Waals surface area contributed by atoms with Gasteiger partial charge in [0.15, 0.2) is 11.7 Å². The lowest BCUT2D eigenvalue weighted by Crippen LogP contribution is -2.53. The van der Waals surface area contributed by atoms with Gasteiger partial charge in [0.2, 0.25) is 0 Å². The van der Waals surface area contributed by atoms with Gasteiger partial charge in [0.25, 0.3) is 5.91 Å². The number of hydrogen-bond acceptors (Lipinski definition) is 4. The predicted molar refractivity (Wildman–Crippen MR) is 109 cm³/mol. The van der Waals surface area contributed by atoms with E-state index < -0.39 is 0 Å². The number of nitrogens with one attached hydrogen (secondary N) is 1. The van der Waals surface area contributed by atoms with Crippen LogP contribution in [-0.4, -0.2) is 74.1 Å². The summed E-state index contributed by atoms with van der Waals surface area (Å²) >= 11 is 0. The molecule has 0 spiro atoms. The van der Waals surface area contributed by atoms with Gasteiger partial charge in [-0.15, -0.1) is 24.0 Å². The average molecular weight is 464 g/mol. The fourth-order valence-corrected chi connectivity index (χ4v) is 2.60. The number of aliphatic imine (C=N–C) groups is 1. The Labute approximate surface area is 166 Å². The fraction of sp³-hybridized carbons (Fsp3) is 0.647. The summed E-state index contributed by atoms with van der Waals surface area (Å²) < 4.78 is 10.5. The lowest BCUT2D eigenvalue weighted by molar-refractivity contribution is 0.0657. The number of carbonyl (C=O) groups is 1. The molecule has 0 saturated carbocycles. The maximum atomic E-state index is 12.3. The molecule has 0 radical (unpaired) electrons. The monoisotopic (exact) mass is 464 g/mol. The van der Waals surface area contributed by atoms with Crippen molar-refractivity contribution < 1.29 is 13.9 Å². The first kappa shape index (κ1) is 21.8. The van der Waals surface area contributed by atoms with Crippen molar-refractivity contribution in [2.45, 2.75) is 20.3 Å². The number of hydrogen-bond donors (Lipinski definition) is 1. The second-order valence-corrected chi connectivity index (χ2v) is 5.54. The van der Waals surface area contributed by atoms with E-state index in [2.05, 4.69) is 22.1 Å². The Hall–Kier alpha value is -1.29. The molecule has 0 aromatic carbocycles. The summed E-state index contributed by atoms with van der Waals surface area (Å²) in [4.78, 5) is 21.0. The van der Waals surface area contributed by atoms with E-state index in [1.54, 1.807) is 12.1 Å². The van der Waals surface area contributed by atoms with E-state index in [-0.39, 0.29) is 29.9 Å². The third-order valence-corrected chi connectivity index (χ3v) is 3.85. The molecule has 1 aliphatic rings. The molecule has 1 N–H and O–H groups in total. The smallest absolute Gasteiger partial charge is 0.289 e. The molecule has 142 valence electrons. The number of halogens is 1. The van der Waals surface area contributed by atoms with Crippen LogP contribution in [0.1, 0.15) is 30.8 Å². The average Bonchev–Trinajstić information content (AvgIpc) is 3.15. The van der Waals surface area contributed by atoms with E-state index in [1.165, 1.54) is 6.26 Å². The molecular weight excluding hydrogens is 435 g/mol. The first-order valence-electron chi connectivity index (χ1n) is 8.70. The summed E-state index contributed by atoms with van der Waals surface area (Å²) in [6, 6.07) is 3.44. The Balaban J connectivity index is 0.00000312. The van der Waals surface area contributed by atoms with Gasteiger partial charge >= 0.3 is 0 Å². The van der Waals surface area contributed by atoms with Crippen molar-refractivity contribution in [2.24, 2.45) is 4.99 Å². The molecule has 8 heteroatoms. The molecule has 0 bridgehead atoms. The molecule has 2 rings (SSSR count). The number of nitrogens with zero attached hydrogens (tertiary/aromatic N) is 3. The molecule has 0 atom stereocenters. The van der Waals surface area contributed by atoms with Crippen LogP contribution >= 0.6 is 24.0 Å². The Morgan fingerprint density at radius 3 is 2.60 bits per heavy atom. The van der Waals surface area contributed by atoms with Crippen molar-refractivity contribution in [2.75, 3.05) is 52.5 Å². The number of furan rings is 1. The van der Waals surface area contributed by atoms with Gasteiger partial charge in [0.05, 0.1) is 6.26 Å². The summed E-state index contributed by atoms with van der Waals surface area (Å²) in [6.45, 7) is 9.99. The zero-order chi connectivity index (χ0) is 17.2. The van der Waals surface area contributed by atoms with E-state index in [1.807, 2.05) is 11.8 Å². The van der Waals surface area contributed by atoms with Crippen LogP contribution in [-0.2, 0) is 4.74 Å². The fourth-order valence-electron chi connectivity index (χ4n) is 2.60. The predicted octanol–water partition coefficient (Wildman–Crippen LogP) is 2.05.